The van der Waals surface area contributed by atoms with Gasteiger partial charge in [-0.15, -0.1) is 0 Å². The third-order valence-corrected chi connectivity index (χ3v) is 9.34. The van der Waals surface area contributed by atoms with Crippen LogP contribution in [0.25, 0.3) is 11.1 Å². The summed E-state index contributed by atoms with van der Waals surface area (Å²) in [6.07, 6.45) is 8.76. The van der Waals surface area contributed by atoms with E-state index in [1.54, 1.807) is 0 Å². The van der Waals surface area contributed by atoms with Crippen LogP contribution in [0.15, 0.2) is 72.8 Å². The molecule has 208 valence electrons. The van der Waals surface area contributed by atoms with E-state index >= 15 is 0 Å². The number of phenols is 1. The monoisotopic (exact) mass is 536 g/mol. The molecule has 3 aromatic carbocycles. The molecule has 1 atom stereocenters. The number of hydrogen-bond donors (Lipinski definition) is 2. The molecule has 6 rings (SSSR count). The van der Waals surface area contributed by atoms with Gasteiger partial charge in [0.1, 0.15) is 5.75 Å². The Balaban J connectivity index is 1.29. The topological polar surface area (TPSA) is 64.0 Å². The number of phenolic OH excluding ortho intramolecular Hbond substituents is 1. The number of nitrogens with zero attached hydrogens (tertiary/aromatic N) is 2. The zero-order valence-corrected chi connectivity index (χ0v) is 23.3. The maximum atomic E-state index is 11.3. The summed E-state index contributed by atoms with van der Waals surface area (Å²) in [5.41, 5.74) is 9.14. The molecular formula is C35H40N2O3. The van der Waals surface area contributed by atoms with Crippen LogP contribution in [0.2, 0.25) is 0 Å². The molecule has 0 amide bonds. The van der Waals surface area contributed by atoms with Gasteiger partial charge in [0.25, 0.3) is 0 Å². The zero-order chi connectivity index (χ0) is 27.5. The second-order valence-corrected chi connectivity index (χ2v) is 12.0. The van der Waals surface area contributed by atoms with Crippen molar-refractivity contribution in [1.82, 2.24) is 4.90 Å². The molecule has 0 saturated carbocycles. The summed E-state index contributed by atoms with van der Waals surface area (Å²) < 4.78 is 0. The van der Waals surface area contributed by atoms with Gasteiger partial charge < -0.3 is 15.1 Å². The Morgan fingerprint density at radius 1 is 0.800 bits per heavy atom. The average Bonchev–Trinajstić information content (AvgIpc) is 3.27. The smallest absolute Gasteiger partial charge is 0.317 e. The second-order valence-electron chi connectivity index (χ2n) is 12.0. The van der Waals surface area contributed by atoms with Crippen molar-refractivity contribution in [2.45, 2.75) is 51.4 Å². The number of fused-ring (bicyclic) bond motifs is 1. The molecule has 1 spiro atoms. The minimum Gasteiger partial charge on any atom is -0.508 e. The fraction of sp³-hybridized carbons (Fsp3) is 0.400. The standard InChI is InChI=1S/C35H40N2O3/c38-30-15-16-32-28(23-30)9-4-10-31(26-7-2-1-3-8-26)34(32)27-11-13-29(14-12-27)37-21-6-18-35(25-37)17-5-20-36(22-19-35)24-33(39)40/h1-3,7-8,11-16,23,38H,4-6,9-10,17-22,24-25H2,(H,39,40). The lowest BCUT2D eigenvalue weighted by molar-refractivity contribution is -0.138. The first-order chi connectivity index (χ1) is 19.5. The summed E-state index contributed by atoms with van der Waals surface area (Å²) in [4.78, 5) is 15.9. The predicted molar refractivity (Wildman–Crippen MR) is 162 cm³/mol. The van der Waals surface area contributed by atoms with Crippen molar-refractivity contribution in [3.63, 3.8) is 0 Å². The van der Waals surface area contributed by atoms with Gasteiger partial charge in [-0.2, -0.15) is 0 Å². The lowest BCUT2D eigenvalue weighted by atomic mass is 9.74. The number of aliphatic carboxylic acids is 1. The van der Waals surface area contributed by atoms with E-state index in [0.717, 1.165) is 58.3 Å². The Labute approximate surface area is 237 Å². The number of allylic oxidation sites excluding steroid dienone is 1. The van der Waals surface area contributed by atoms with Crippen molar-refractivity contribution in [3.05, 3.63) is 95.1 Å². The summed E-state index contributed by atoms with van der Waals surface area (Å²) >= 11 is 0. The van der Waals surface area contributed by atoms with Crippen LogP contribution < -0.4 is 4.90 Å². The van der Waals surface area contributed by atoms with E-state index in [2.05, 4.69) is 70.5 Å². The first kappa shape index (κ1) is 26.6. The molecule has 0 aromatic heterocycles. The number of likely N-dealkylation sites (tertiary alicyclic amines) is 1. The molecule has 2 fully saturated rings. The van der Waals surface area contributed by atoms with Gasteiger partial charge in [0.15, 0.2) is 0 Å². The van der Waals surface area contributed by atoms with Gasteiger partial charge in [-0.25, -0.2) is 0 Å². The van der Waals surface area contributed by atoms with E-state index < -0.39 is 5.97 Å². The summed E-state index contributed by atoms with van der Waals surface area (Å²) in [6.45, 7) is 4.05. The van der Waals surface area contributed by atoms with Crippen LogP contribution in [-0.2, 0) is 11.2 Å². The maximum Gasteiger partial charge on any atom is 0.317 e. The predicted octanol–water partition coefficient (Wildman–Crippen LogP) is 6.84. The fourth-order valence-electron chi connectivity index (χ4n) is 7.37. The molecule has 2 aliphatic heterocycles. The van der Waals surface area contributed by atoms with Crippen LogP contribution in [-0.4, -0.2) is 53.8 Å². The molecule has 3 aliphatic rings. The van der Waals surface area contributed by atoms with Crippen LogP contribution in [0, 0.1) is 5.41 Å². The second kappa shape index (κ2) is 11.5. The minimum absolute atomic E-state index is 0.158. The van der Waals surface area contributed by atoms with Gasteiger partial charge in [0.2, 0.25) is 0 Å². The van der Waals surface area contributed by atoms with E-state index in [1.165, 1.54) is 58.3 Å². The first-order valence-corrected chi connectivity index (χ1v) is 14.9. The van der Waals surface area contributed by atoms with Gasteiger partial charge in [-0.1, -0.05) is 48.5 Å². The summed E-state index contributed by atoms with van der Waals surface area (Å²) in [6, 6.07) is 25.8. The van der Waals surface area contributed by atoms with E-state index in [9.17, 15) is 15.0 Å². The number of hydrogen-bond acceptors (Lipinski definition) is 4. The van der Waals surface area contributed by atoms with Crippen LogP contribution in [0.1, 0.15) is 67.2 Å². The molecule has 1 aliphatic carbocycles. The Morgan fingerprint density at radius 3 is 2.35 bits per heavy atom. The summed E-state index contributed by atoms with van der Waals surface area (Å²) in [7, 11) is 0. The minimum atomic E-state index is -0.722. The van der Waals surface area contributed by atoms with E-state index in [4.69, 9.17) is 0 Å². The van der Waals surface area contributed by atoms with Crippen molar-refractivity contribution in [2.75, 3.05) is 37.6 Å². The van der Waals surface area contributed by atoms with Crippen molar-refractivity contribution >= 4 is 22.8 Å². The number of carboxylic acids is 1. The SMILES string of the molecule is O=C(O)CN1CCCC2(CCCN(c3ccc(C4=C(c5ccccc5)CCCc5cc(O)ccc54)cc3)C2)CC1. The molecule has 2 N–H and O–H groups in total. The Kier molecular flexibility index (Phi) is 7.66. The van der Waals surface area contributed by atoms with E-state index in [1.807, 2.05) is 12.1 Å². The van der Waals surface area contributed by atoms with Crippen molar-refractivity contribution < 1.29 is 15.0 Å². The number of aromatic hydroxyl groups is 1. The first-order valence-electron chi connectivity index (χ1n) is 14.9. The van der Waals surface area contributed by atoms with Crippen molar-refractivity contribution in [1.29, 1.82) is 0 Å². The molecular weight excluding hydrogens is 496 g/mol. The number of rotatable bonds is 5. The van der Waals surface area contributed by atoms with Gasteiger partial charge in [0.05, 0.1) is 6.54 Å². The Hall–Kier alpha value is -3.57. The fourth-order valence-corrected chi connectivity index (χ4v) is 7.37. The highest BCUT2D eigenvalue weighted by molar-refractivity contribution is 6.00. The lowest BCUT2D eigenvalue weighted by Crippen LogP contribution is -2.44. The molecule has 2 heterocycles. The molecule has 0 radical (unpaired) electrons. The molecule has 0 bridgehead atoms. The molecule has 40 heavy (non-hydrogen) atoms. The molecule has 5 heteroatoms. The highest BCUT2D eigenvalue weighted by Gasteiger charge is 2.37. The van der Waals surface area contributed by atoms with Crippen LogP contribution in [0.4, 0.5) is 5.69 Å². The van der Waals surface area contributed by atoms with Crippen molar-refractivity contribution in [3.8, 4) is 5.75 Å². The van der Waals surface area contributed by atoms with Gasteiger partial charge in [0, 0.05) is 18.8 Å². The normalized spacial score (nSPS) is 22.1. The third-order valence-electron chi connectivity index (χ3n) is 9.34. The number of anilines is 1. The van der Waals surface area contributed by atoms with Crippen LogP contribution in [0.3, 0.4) is 0 Å². The maximum absolute atomic E-state index is 11.3. The number of aryl methyl sites for hydroxylation is 1. The highest BCUT2D eigenvalue weighted by Crippen LogP contribution is 2.43. The van der Waals surface area contributed by atoms with Crippen LogP contribution >= 0.6 is 0 Å². The zero-order valence-electron chi connectivity index (χ0n) is 23.3. The Morgan fingerprint density at radius 2 is 1.57 bits per heavy atom. The average molecular weight is 537 g/mol. The van der Waals surface area contributed by atoms with Gasteiger partial charge in [-0.05, 0) is 128 Å². The van der Waals surface area contributed by atoms with E-state index in [-0.39, 0.29) is 12.0 Å². The Bertz CT molecular complexity index is 1380. The number of carbonyl (C=O) groups is 1. The number of carboxylic acid groups (broad SMARTS) is 1. The highest BCUT2D eigenvalue weighted by atomic mass is 16.4. The molecule has 3 aromatic rings. The molecule has 2 saturated heterocycles. The van der Waals surface area contributed by atoms with Crippen LogP contribution in [0.5, 0.6) is 5.75 Å². The third kappa shape index (κ3) is 5.66. The quantitative estimate of drug-likeness (QED) is 0.374. The largest absolute Gasteiger partial charge is 0.508 e. The summed E-state index contributed by atoms with van der Waals surface area (Å²) in [5.74, 6) is -0.389. The molecule has 5 nitrogen and oxygen atoms in total. The van der Waals surface area contributed by atoms with Crippen molar-refractivity contribution in [2.24, 2.45) is 5.41 Å². The van der Waals surface area contributed by atoms with E-state index in [0.29, 0.717) is 5.75 Å². The van der Waals surface area contributed by atoms with Gasteiger partial charge >= 0.3 is 5.97 Å². The molecule has 1 unspecified atom stereocenters. The number of piperidine rings is 1. The number of benzene rings is 3. The lowest BCUT2D eigenvalue weighted by Gasteiger charge is -2.44. The summed E-state index contributed by atoms with van der Waals surface area (Å²) in [5, 5.41) is 19.5. The van der Waals surface area contributed by atoms with Gasteiger partial charge in [-0.3, -0.25) is 9.69 Å².